The minimum Gasteiger partial charge on any atom is -1.00 e. The Hall–Kier alpha value is 0.200. The van der Waals surface area contributed by atoms with E-state index >= 15 is 0 Å². The van der Waals surface area contributed by atoms with E-state index in [1.54, 1.807) is 0 Å². The van der Waals surface area contributed by atoms with Crippen LogP contribution in [0.2, 0.25) is 0 Å². The predicted molar refractivity (Wildman–Crippen MR) is 162 cm³/mol. The van der Waals surface area contributed by atoms with Crippen molar-refractivity contribution in [2.45, 2.75) is 98.4 Å². The molecule has 1 heterocycles. The Morgan fingerprint density at radius 3 is 1.02 bits per heavy atom. The van der Waals surface area contributed by atoms with Gasteiger partial charge in [0.2, 0.25) is 0 Å². The van der Waals surface area contributed by atoms with Crippen molar-refractivity contribution in [2.75, 3.05) is 78.5 Å². The summed E-state index contributed by atoms with van der Waals surface area (Å²) in [6.45, 7) is 22.0. The molecule has 0 amide bonds. The summed E-state index contributed by atoms with van der Waals surface area (Å²) < 4.78 is 16.7. The summed E-state index contributed by atoms with van der Waals surface area (Å²) >= 11 is 0. The molecule has 1 rings (SSSR count). The fourth-order valence-electron chi connectivity index (χ4n) is 4.55. The van der Waals surface area contributed by atoms with Gasteiger partial charge in [-0.2, -0.15) is 0 Å². The van der Waals surface area contributed by atoms with E-state index in [9.17, 15) is 24.3 Å². The molecule has 15 heteroatoms. The van der Waals surface area contributed by atoms with E-state index in [0.717, 1.165) is 0 Å². The maximum Gasteiger partial charge on any atom is 1.00 e. The van der Waals surface area contributed by atoms with Crippen LogP contribution in [-0.2, 0) is 33.4 Å². The normalized spacial score (nSPS) is 16.7. The van der Waals surface area contributed by atoms with Crippen LogP contribution in [0.3, 0.4) is 0 Å². The van der Waals surface area contributed by atoms with Crippen molar-refractivity contribution in [1.29, 1.82) is 0 Å². The average molecular weight is 740 g/mol. The third kappa shape index (κ3) is 28.1. The Balaban J connectivity index is -0.00000616. The Bertz CT molecular complexity index is 864. The molecule has 1 fully saturated rings. The van der Waals surface area contributed by atoms with E-state index in [0.29, 0.717) is 71.7 Å². The van der Waals surface area contributed by atoms with Crippen molar-refractivity contribution >= 4 is 23.9 Å². The number of carbonyl (C=O) groups excluding carboxylic acids is 4. The molecule has 0 spiro atoms. The molecule has 12 nitrogen and oxygen atoms in total. The number of carboxylic acids is 1. The van der Waals surface area contributed by atoms with Gasteiger partial charge in [-0.05, 0) is 88.1 Å². The Morgan fingerprint density at radius 1 is 0.522 bits per heavy atom. The molecule has 0 atom stereocenters. The first-order valence-corrected chi connectivity index (χ1v) is 15.5. The molecule has 1 aliphatic rings. The van der Waals surface area contributed by atoms with Gasteiger partial charge in [-0.1, -0.05) is 0 Å². The van der Waals surface area contributed by atoms with Crippen LogP contribution in [0.25, 0.3) is 0 Å². The van der Waals surface area contributed by atoms with E-state index < -0.39 is 22.8 Å². The van der Waals surface area contributed by atoms with E-state index in [2.05, 4.69) is 4.90 Å². The van der Waals surface area contributed by atoms with Gasteiger partial charge < -0.3 is 46.0 Å². The fraction of sp³-hybridized carbons (Fsp3) is 0.871. The molecule has 0 bridgehead atoms. The van der Waals surface area contributed by atoms with Gasteiger partial charge in [-0.15, -0.1) is 0 Å². The summed E-state index contributed by atoms with van der Waals surface area (Å²) in [5.41, 5.74) is -1.82. The molecule has 46 heavy (non-hydrogen) atoms. The third-order valence-electron chi connectivity index (χ3n) is 6.35. The summed E-state index contributed by atoms with van der Waals surface area (Å²) in [7, 11) is 0. The number of carboxylic acid groups (broad SMARTS) is 1. The third-order valence-corrected chi connectivity index (χ3v) is 6.35. The maximum atomic E-state index is 12.8. The van der Waals surface area contributed by atoms with Crippen LogP contribution >= 0.6 is 0 Å². The minimum absolute atomic E-state index is 0. The van der Waals surface area contributed by atoms with Crippen molar-refractivity contribution in [3.63, 3.8) is 0 Å². The standard InChI is InChI=1S/C31H58N4O8.BrH.2Na/c1-29(2,3)41-26(38)22-33-16-14-32(13-11-10-12-25(36)37)15-17-34(23-27(39)42-30(4,5)6)19-21-35(20-18-33)24-28(40)43-31(7,8)9;;;/h10-24H2,1-9H3,(H,36,37);1H;;/q;;2*+1/p-2. The number of carbonyl (C=O) groups is 4. The van der Waals surface area contributed by atoms with Gasteiger partial charge in [-0.3, -0.25) is 29.1 Å². The monoisotopic (exact) mass is 738 g/mol. The van der Waals surface area contributed by atoms with Crippen LogP contribution in [-0.4, -0.2) is 139 Å². The molecule has 0 aromatic rings. The van der Waals surface area contributed by atoms with Crippen molar-refractivity contribution in [3.05, 3.63) is 0 Å². The van der Waals surface area contributed by atoms with Gasteiger partial charge in [0.25, 0.3) is 0 Å². The quantitative estimate of drug-likeness (QED) is 0.0864. The van der Waals surface area contributed by atoms with E-state index in [1.807, 2.05) is 77.0 Å². The Kier molecular flexibility index (Phi) is 26.8. The number of aliphatic carboxylic acids is 1. The van der Waals surface area contributed by atoms with Crippen molar-refractivity contribution in [1.82, 2.24) is 19.6 Å². The molecular formula is C31H57BrN4Na2O8. The second-order valence-corrected chi connectivity index (χ2v) is 14.3. The number of hydrogen-bond donors (Lipinski definition) is 0. The van der Waals surface area contributed by atoms with Crippen molar-refractivity contribution < 1.29 is 115 Å². The van der Waals surface area contributed by atoms with Crippen molar-refractivity contribution in [2.24, 2.45) is 0 Å². The zero-order chi connectivity index (χ0) is 32.8. The number of unbranched alkanes of at least 4 members (excludes halogenated alkanes) is 1. The largest absolute Gasteiger partial charge is 1.00 e. The van der Waals surface area contributed by atoms with Gasteiger partial charge in [-0.25, -0.2) is 0 Å². The summed E-state index contributed by atoms with van der Waals surface area (Å²) in [4.78, 5) is 57.4. The molecular weight excluding hydrogens is 682 g/mol. The van der Waals surface area contributed by atoms with Crippen LogP contribution in [0.15, 0.2) is 0 Å². The smallest absolute Gasteiger partial charge is 1.00 e. The molecule has 0 aromatic heterocycles. The summed E-state index contributed by atoms with van der Waals surface area (Å²) in [6, 6.07) is 0. The van der Waals surface area contributed by atoms with Gasteiger partial charge >= 0.3 is 77.0 Å². The number of hydrogen-bond acceptors (Lipinski definition) is 12. The van der Waals surface area contributed by atoms with Gasteiger partial charge in [0.05, 0.1) is 19.6 Å². The first-order valence-electron chi connectivity index (χ1n) is 15.5. The number of ether oxygens (including phenoxy) is 3. The minimum atomic E-state index is -1.06. The first-order chi connectivity index (χ1) is 19.7. The SMILES string of the molecule is CC(C)(C)OC(=O)CN1CCN(CCCCC(=O)[O-])CCN(CC(=O)OC(C)(C)C)CCN(CC(=O)OC(C)(C)C)CC1.[Br-].[Na+].[Na+]. The second-order valence-electron chi connectivity index (χ2n) is 14.3. The van der Waals surface area contributed by atoms with Gasteiger partial charge in [0.1, 0.15) is 16.8 Å². The Morgan fingerprint density at radius 2 is 0.783 bits per heavy atom. The molecule has 0 aliphatic carbocycles. The summed E-state index contributed by atoms with van der Waals surface area (Å²) in [5.74, 6) is -2.03. The average Bonchev–Trinajstić information content (AvgIpc) is 2.79. The van der Waals surface area contributed by atoms with Crippen LogP contribution in [0.1, 0.15) is 81.6 Å². The predicted octanol–water partition coefficient (Wildman–Crippen LogP) is -7.83. The first kappa shape index (κ1) is 50.6. The molecule has 1 aliphatic heterocycles. The van der Waals surface area contributed by atoms with Crippen molar-refractivity contribution in [3.8, 4) is 0 Å². The fourth-order valence-corrected chi connectivity index (χ4v) is 4.55. The van der Waals surface area contributed by atoms with Gasteiger partial charge in [0, 0.05) is 58.3 Å². The van der Waals surface area contributed by atoms with Gasteiger partial charge in [0.15, 0.2) is 0 Å². The molecule has 0 saturated carbocycles. The van der Waals surface area contributed by atoms with Crippen LogP contribution < -0.4 is 81.2 Å². The molecule has 0 N–H and O–H groups in total. The number of rotatable bonds is 11. The second kappa shape index (κ2) is 24.4. The van der Waals surface area contributed by atoms with Crippen LogP contribution in [0.4, 0.5) is 0 Å². The molecule has 0 radical (unpaired) electrons. The Labute approximate surface area is 332 Å². The van der Waals surface area contributed by atoms with E-state index in [4.69, 9.17) is 14.2 Å². The molecule has 1 saturated heterocycles. The molecule has 0 aromatic carbocycles. The number of halogens is 1. The van der Waals surface area contributed by atoms with E-state index in [-0.39, 0.29) is 120 Å². The molecule has 0 unspecified atom stereocenters. The molecule has 258 valence electrons. The maximum absolute atomic E-state index is 12.8. The van der Waals surface area contributed by atoms with Crippen LogP contribution in [0.5, 0.6) is 0 Å². The van der Waals surface area contributed by atoms with E-state index in [1.165, 1.54) is 0 Å². The van der Waals surface area contributed by atoms with Crippen LogP contribution in [0, 0.1) is 0 Å². The topological polar surface area (TPSA) is 132 Å². The summed E-state index contributed by atoms with van der Waals surface area (Å²) in [6.07, 6.45) is 1.22. The number of nitrogens with zero attached hydrogens (tertiary/aromatic N) is 4. The zero-order valence-electron chi connectivity index (χ0n) is 30.5. The number of esters is 3. The zero-order valence-corrected chi connectivity index (χ0v) is 36.1. The summed E-state index contributed by atoms with van der Waals surface area (Å²) in [5, 5.41) is 10.9.